The standard InChI is InChI=1S/C15H19ClN4/c1-2-6-18-13(15-12(16)4-3-7-20-15)9-11-5-8-19-14(17)10-11/h3-5,7-8,10,13,18H,2,6,9H2,1H3,(H2,17,19). The molecule has 0 radical (unpaired) electrons. The highest BCUT2D eigenvalue weighted by Crippen LogP contribution is 2.23. The summed E-state index contributed by atoms with van der Waals surface area (Å²) in [5, 5.41) is 4.17. The number of halogens is 1. The maximum Gasteiger partial charge on any atom is 0.123 e. The average Bonchev–Trinajstić information content (AvgIpc) is 2.44. The van der Waals surface area contributed by atoms with Crippen molar-refractivity contribution in [3.63, 3.8) is 0 Å². The lowest BCUT2D eigenvalue weighted by molar-refractivity contribution is 0.518. The highest BCUT2D eigenvalue weighted by molar-refractivity contribution is 6.31. The Balaban J connectivity index is 2.22. The molecule has 0 saturated carbocycles. The van der Waals surface area contributed by atoms with Gasteiger partial charge in [0.1, 0.15) is 5.82 Å². The first-order chi connectivity index (χ1) is 9.70. The molecule has 3 N–H and O–H groups in total. The topological polar surface area (TPSA) is 63.8 Å². The van der Waals surface area contributed by atoms with Crippen molar-refractivity contribution >= 4 is 17.4 Å². The van der Waals surface area contributed by atoms with Gasteiger partial charge in [-0.2, -0.15) is 0 Å². The SMILES string of the molecule is CCCNC(Cc1ccnc(N)c1)c1ncccc1Cl. The summed E-state index contributed by atoms with van der Waals surface area (Å²) in [6, 6.07) is 7.63. The van der Waals surface area contributed by atoms with E-state index in [1.54, 1.807) is 12.4 Å². The van der Waals surface area contributed by atoms with Crippen LogP contribution >= 0.6 is 11.6 Å². The van der Waals surface area contributed by atoms with Gasteiger partial charge in [0, 0.05) is 12.4 Å². The first-order valence-electron chi connectivity index (χ1n) is 6.75. The van der Waals surface area contributed by atoms with Gasteiger partial charge in [0.15, 0.2) is 0 Å². The zero-order chi connectivity index (χ0) is 14.4. The molecule has 0 spiro atoms. The first-order valence-corrected chi connectivity index (χ1v) is 7.12. The van der Waals surface area contributed by atoms with Crippen molar-refractivity contribution in [3.8, 4) is 0 Å². The highest BCUT2D eigenvalue weighted by Gasteiger charge is 2.16. The quantitative estimate of drug-likeness (QED) is 0.858. The van der Waals surface area contributed by atoms with Crippen LogP contribution in [-0.2, 0) is 6.42 Å². The maximum atomic E-state index is 6.26. The molecule has 2 rings (SSSR count). The second-order valence-electron chi connectivity index (χ2n) is 4.67. The van der Waals surface area contributed by atoms with Crippen molar-refractivity contribution in [3.05, 3.63) is 52.9 Å². The van der Waals surface area contributed by atoms with Gasteiger partial charge in [-0.25, -0.2) is 4.98 Å². The van der Waals surface area contributed by atoms with E-state index in [0.29, 0.717) is 10.8 Å². The normalized spacial score (nSPS) is 12.3. The van der Waals surface area contributed by atoms with E-state index in [0.717, 1.165) is 30.6 Å². The van der Waals surface area contributed by atoms with Crippen LogP contribution in [0.2, 0.25) is 5.02 Å². The Kier molecular flexibility index (Phi) is 5.32. The second kappa shape index (κ2) is 7.22. The number of rotatable bonds is 6. The minimum Gasteiger partial charge on any atom is -0.384 e. The molecule has 0 aliphatic carbocycles. The van der Waals surface area contributed by atoms with Crippen molar-refractivity contribution < 1.29 is 0 Å². The number of pyridine rings is 2. The lowest BCUT2D eigenvalue weighted by Gasteiger charge is -2.19. The van der Waals surface area contributed by atoms with Crippen molar-refractivity contribution in [1.29, 1.82) is 0 Å². The van der Waals surface area contributed by atoms with E-state index in [-0.39, 0.29) is 6.04 Å². The van der Waals surface area contributed by atoms with Crippen molar-refractivity contribution in [2.75, 3.05) is 12.3 Å². The van der Waals surface area contributed by atoms with Crippen LogP contribution < -0.4 is 11.1 Å². The van der Waals surface area contributed by atoms with E-state index in [4.69, 9.17) is 17.3 Å². The van der Waals surface area contributed by atoms with Crippen LogP contribution in [0.3, 0.4) is 0 Å². The Morgan fingerprint density at radius 2 is 2.15 bits per heavy atom. The Bertz CT molecular complexity index is 559. The number of hydrogen-bond donors (Lipinski definition) is 2. The third kappa shape index (κ3) is 3.92. The summed E-state index contributed by atoms with van der Waals surface area (Å²) in [7, 11) is 0. The Morgan fingerprint density at radius 3 is 2.85 bits per heavy atom. The van der Waals surface area contributed by atoms with E-state index in [1.165, 1.54) is 0 Å². The molecule has 2 heterocycles. The molecule has 106 valence electrons. The van der Waals surface area contributed by atoms with Gasteiger partial charge in [0.05, 0.1) is 16.8 Å². The highest BCUT2D eigenvalue weighted by atomic mass is 35.5. The van der Waals surface area contributed by atoms with E-state index >= 15 is 0 Å². The van der Waals surface area contributed by atoms with Gasteiger partial charge < -0.3 is 11.1 Å². The largest absolute Gasteiger partial charge is 0.384 e. The van der Waals surface area contributed by atoms with Crippen molar-refractivity contribution in [1.82, 2.24) is 15.3 Å². The van der Waals surface area contributed by atoms with Crippen LogP contribution in [0.25, 0.3) is 0 Å². The summed E-state index contributed by atoms with van der Waals surface area (Å²) in [6.45, 7) is 3.05. The summed E-state index contributed by atoms with van der Waals surface area (Å²) >= 11 is 6.26. The number of aromatic nitrogens is 2. The summed E-state index contributed by atoms with van der Waals surface area (Å²) < 4.78 is 0. The predicted molar refractivity (Wildman–Crippen MR) is 82.6 cm³/mol. The molecule has 0 bridgehead atoms. The van der Waals surface area contributed by atoms with Crippen molar-refractivity contribution in [2.24, 2.45) is 0 Å². The number of anilines is 1. The Labute approximate surface area is 124 Å². The van der Waals surface area contributed by atoms with Gasteiger partial charge in [0.25, 0.3) is 0 Å². The van der Waals surface area contributed by atoms with Gasteiger partial charge in [-0.3, -0.25) is 4.98 Å². The van der Waals surface area contributed by atoms with Crippen LogP contribution in [0.1, 0.15) is 30.6 Å². The molecule has 0 saturated heterocycles. The van der Waals surface area contributed by atoms with E-state index in [2.05, 4.69) is 22.2 Å². The lowest BCUT2D eigenvalue weighted by atomic mass is 10.0. The average molecular weight is 291 g/mol. The van der Waals surface area contributed by atoms with E-state index in [9.17, 15) is 0 Å². The molecular formula is C15H19ClN4. The molecule has 1 unspecified atom stereocenters. The van der Waals surface area contributed by atoms with Gasteiger partial charge >= 0.3 is 0 Å². The molecule has 0 amide bonds. The fourth-order valence-corrected chi connectivity index (χ4v) is 2.35. The van der Waals surface area contributed by atoms with Gasteiger partial charge in [-0.05, 0) is 49.2 Å². The van der Waals surface area contributed by atoms with Gasteiger partial charge in [-0.1, -0.05) is 18.5 Å². The molecule has 0 fully saturated rings. The zero-order valence-corrected chi connectivity index (χ0v) is 12.3. The van der Waals surface area contributed by atoms with Gasteiger partial charge in [-0.15, -0.1) is 0 Å². The number of nitrogen functional groups attached to an aromatic ring is 1. The van der Waals surface area contributed by atoms with E-state index in [1.807, 2.05) is 24.3 Å². The number of hydrogen-bond acceptors (Lipinski definition) is 4. The Hall–Kier alpha value is -1.65. The van der Waals surface area contributed by atoms with E-state index < -0.39 is 0 Å². The van der Waals surface area contributed by atoms with Crippen LogP contribution in [0, 0.1) is 0 Å². The number of nitrogens with two attached hydrogens (primary N) is 1. The van der Waals surface area contributed by atoms with Crippen LogP contribution in [0.15, 0.2) is 36.7 Å². The number of nitrogens with zero attached hydrogens (tertiary/aromatic N) is 2. The molecule has 20 heavy (non-hydrogen) atoms. The molecule has 4 nitrogen and oxygen atoms in total. The first kappa shape index (κ1) is 14.8. The smallest absolute Gasteiger partial charge is 0.123 e. The van der Waals surface area contributed by atoms with Crippen LogP contribution in [0.4, 0.5) is 5.82 Å². The third-order valence-corrected chi connectivity index (χ3v) is 3.36. The third-order valence-electron chi connectivity index (χ3n) is 3.04. The Morgan fingerprint density at radius 1 is 1.30 bits per heavy atom. The fraction of sp³-hybridized carbons (Fsp3) is 0.333. The fourth-order valence-electron chi connectivity index (χ4n) is 2.10. The molecule has 2 aromatic heterocycles. The van der Waals surface area contributed by atoms with Crippen LogP contribution in [0.5, 0.6) is 0 Å². The molecule has 0 aliphatic heterocycles. The summed E-state index contributed by atoms with van der Waals surface area (Å²) in [5.74, 6) is 0.531. The molecule has 0 aromatic carbocycles. The zero-order valence-electron chi connectivity index (χ0n) is 11.5. The molecule has 2 aromatic rings. The predicted octanol–water partition coefficient (Wildman–Crippen LogP) is 3.00. The minimum atomic E-state index is 0.0745. The second-order valence-corrected chi connectivity index (χ2v) is 5.08. The lowest BCUT2D eigenvalue weighted by Crippen LogP contribution is -2.25. The molecule has 1 atom stereocenters. The maximum absolute atomic E-state index is 6.26. The molecule has 5 heteroatoms. The monoisotopic (exact) mass is 290 g/mol. The number of nitrogens with one attached hydrogen (secondary N) is 1. The van der Waals surface area contributed by atoms with Crippen molar-refractivity contribution in [2.45, 2.75) is 25.8 Å². The van der Waals surface area contributed by atoms with Crippen LogP contribution in [-0.4, -0.2) is 16.5 Å². The molecule has 0 aliphatic rings. The minimum absolute atomic E-state index is 0.0745. The summed E-state index contributed by atoms with van der Waals surface area (Å²) in [6.07, 6.45) is 5.33. The molecular weight excluding hydrogens is 272 g/mol. The summed E-state index contributed by atoms with van der Waals surface area (Å²) in [4.78, 5) is 8.42. The summed E-state index contributed by atoms with van der Waals surface area (Å²) in [5.41, 5.74) is 7.72. The van der Waals surface area contributed by atoms with Gasteiger partial charge in [0.2, 0.25) is 0 Å².